The molecule has 0 saturated carbocycles. The van der Waals surface area contributed by atoms with Crippen LogP contribution in [-0.2, 0) is 5.41 Å². The van der Waals surface area contributed by atoms with Gasteiger partial charge in [0.25, 0.3) is 0 Å². The molecule has 0 atom stereocenters. The average molecular weight is 504 g/mol. The van der Waals surface area contributed by atoms with Crippen LogP contribution in [0.4, 0.5) is 5.69 Å². The third kappa shape index (κ3) is 4.41. The first-order chi connectivity index (χ1) is 16.3. The summed E-state index contributed by atoms with van der Waals surface area (Å²) in [6, 6.07) is 10.4. The lowest BCUT2D eigenvalue weighted by Gasteiger charge is -2.24. The van der Waals surface area contributed by atoms with Crippen LogP contribution < -0.4 is 0 Å². The number of allylic oxidation sites excluding steroid dienone is 9. The van der Waals surface area contributed by atoms with Gasteiger partial charge in [-0.1, -0.05) is 56.3 Å². The minimum Gasteiger partial charge on any atom is -0.346 e. The zero-order valence-electron chi connectivity index (χ0n) is 21.0. The summed E-state index contributed by atoms with van der Waals surface area (Å²) in [6.07, 6.45) is 7.04. The van der Waals surface area contributed by atoms with Crippen LogP contribution >= 0.6 is 23.2 Å². The number of nitrogens with zero attached hydrogens (tertiary/aromatic N) is 4. The Kier molecular flexibility index (Phi) is 7.05. The molecule has 0 aromatic heterocycles. The Bertz CT molecular complexity index is 1380. The predicted octanol–water partition coefficient (Wildman–Crippen LogP) is 7.29. The van der Waals surface area contributed by atoms with Crippen molar-refractivity contribution < 1.29 is 4.58 Å². The second kappa shape index (κ2) is 9.38. The second-order valence-electron chi connectivity index (χ2n) is 9.76. The number of likely N-dealkylation sites (N-methyl/N-ethyl adjacent to an activating group) is 1. The molecule has 1 saturated heterocycles. The summed E-state index contributed by atoms with van der Waals surface area (Å²) < 4.78 is 2.03. The maximum atomic E-state index is 10.0. The van der Waals surface area contributed by atoms with Crippen molar-refractivity contribution in [2.75, 3.05) is 14.1 Å². The van der Waals surface area contributed by atoms with E-state index >= 15 is 0 Å². The van der Waals surface area contributed by atoms with Crippen molar-refractivity contribution in [3.05, 3.63) is 99.4 Å². The van der Waals surface area contributed by atoms with Gasteiger partial charge in [0.2, 0.25) is 11.4 Å². The van der Waals surface area contributed by atoms with Gasteiger partial charge >= 0.3 is 0 Å². The number of halogens is 2. The molecule has 1 fully saturated rings. The first-order valence-electron chi connectivity index (χ1n) is 11.1. The van der Waals surface area contributed by atoms with Crippen LogP contribution in [0.5, 0.6) is 0 Å². The Balaban J connectivity index is 2.08. The van der Waals surface area contributed by atoms with Crippen molar-refractivity contribution >= 4 is 34.6 Å². The van der Waals surface area contributed by atoms with E-state index in [9.17, 15) is 10.5 Å². The van der Waals surface area contributed by atoms with E-state index in [4.69, 9.17) is 23.2 Å². The standard InChI is InChI=1S/C29H29Cl2N4/c1-18(30)14-23-19(2)34(7)26(28(23,3)4)20(16-32)10-9-11-21(17-33)27-29(5,6)24-15-22(31)12-13-25(24)35(27)8/h9-15H,1-2H2,3-8H3/q+1/b23-14+. The normalized spacial score (nSPS) is 21.4. The molecule has 0 unspecified atom stereocenters. The number of fused-ring (bicyclic) bond motifs is 1. The molecule has 0 aliphatic carbocycles. The highest BCUT2D eigenvalue weighted by Crippen LogP contribution is 2.50. The van der Waals surface area contributed by atoms with E-state index in [1.807, 2.05) is 55.6 Å². The number of benzene rings is 1. The molecule has 1 aromatic rings. The minimum atomic E-state index is -0.496. The van der Waals surface area contributed by atoms with Crippen molar-refractivity contribution in [1.82, 2.24) is 4.90 Å². The van der Waals surface area contributed by atoms with Crippen molar-refractivity contribution in [2.45, 2.75) is 33.1 Å². The first kappa shape index (κ1) is 26.3. The zero-order chi connectivity index (χ0) is 26.3. The van der Waals surface area contributed by atoms with Crippen molar-refractivity contribution in [3.8, 4) is 12.1 Å². The largest absolute Gasteiger partial charge is 0.346 e. The molecule has 0 radical (unpaired) electrons. The quantitative estimate of drug-likeness (QED) is 0.246. The highest BCUT2D eigenvalue weighted by molar-refractivity contribution is 6.31. The van der Waals surface area contributed by atoms with Gasteiger partial charge in [0, 0.05) is 45.5 Å². The van der Waals surface area contributed by atoms with Gasteiger partial charge in [-0.2, -0.15) is 15.1 Å². The molecular weight excluding hydrogens is 475 g/mol. The number of nitriles is 2. The van der Waals surface area contributed by atoms with E-state index in [0.29, 0.717) is 21.2 Å². The molecule has 4 nitrogen and oxygen atoms in total. The zero-order valence-corrected chi connectivity index (χ0v) is 22.5. The fourth-order valence-electron chi connectivity index (χ4n) is 5.23. The molecule has 6 heteroatoms. The maximum absolute atomic E-state index is 10.0. The molecule has 3 rings (SSSR count). The van der Waals surface area contributed by atoms with E-state index in [2.05, 4.69) is 39.1 Å². The third-order valence-electron chi connectivity index (χ3n) is 6.82. The topological polar surface area (TPSA) is 53.8 Å². The molecule has 178 valence electrons. The fourth-order valence-corrected chi connectivity index (χ4v) is 5.51. The number of likely N-dealkylation sites (tertiary alicyclic amines) is 1. The third-order valence-corrected chi connectivity index (χ3v) is 7.16. The van der Waals surface area contributed by atoms with Crippen molar-refractivity contribution in [1.29, 1.82) is 10.5 Å². The summed E-state index contributed by atoms with van der Waals surface area (Å²) in [6.45, 7) is 16.2. The van der Waals surface area contributed by atoms with E-state index < -0.39 is 10.8 Å². The molecule has 0 amide bonds. The van der Waals surface area contributed by atoms with E-state index in [0.717, 1.165) is 33.9 Å². The van der Waals surface area contributed by atoms with Gasteiger partial charge in [-0.15, -0.1) is 0 Å². The van der Waals surface area contributed by atoms with Gasteiger partial charge in [-0.3, -0.25) is 0 Å². The lowest BCUT2D eigenvalue weighted by atomic mass is 9.79. The van der Waals surface area contributed by atoms with Gasteiger partial charge in [0.1, 0.15) is 24.8 Å². The van der Waals surface area contributed by atoms with Crippen LogP contribution in [0.15, 0.2) is 88.8 Å². The van der Waals surface area contributed by atoms with E-state index in [1.165, 1.54) is 0 Å². The number of rotatable bonds is 4. The fraction of sp³-hybridized carbons (Fsp3) is 0.276. The maximum Gasteiger partial charge on any atom is 0.209 e. The van der Waals surface area contributed by atoms with Gasteiger partial charge in [0.15, 0.2) is 0 Å². The van der Waals surface area contributed by atoms with Gasteiger partial charge < -0.3 is 4.90 Å². The predicted molar refractivity (Wildman–Crippen MR) is 145 cm³/mol. The Labute approximate surface area is 218 Å². The van der Waals surface area contributed by atoms with Crippen LogP contribution in [0.1, 0.15) is 33.3 Å². The van der Waals surface area contributed by atoms with Crippen molar-refractivity contribution in [3.63, 3.8) is 0 Å². The highest BCUT2D eigenvalue weighted by atomic mass is 35.5. The molecular formula is C29H29Cl2N4+. The van der Waals surface area contributed by atoms with Crippen LogP contribution in [0.3, 0.4) is 0 Å². The highest BCUT2D eigenvalue weighted by Gasteiger charge is 2.46. The second-order valence-corrected chi connectivity index (χ2v) is 10.7. The Morgan fingerprint density at radius 3 is 2.37 bits per heavy atom. The number of hydrogen-bond acceptors (Lipinski definition) is 3. The SMILES string of the molecule is C=C(Cl)/C=C1\C(=C)N(C)\C(=C(C#N)/C=C/C=C(\C#N)C2=[N+](C)c3ccc(Cl)cc3C2(C)C)C1(C)C. The summed E-state index contributed by atoms with van der Waals surface area (Å²) in [5.41, 5.74) is 5.55. The molecule has 35 heavy (non-hydrogen) atoms. The monoisotopic (exact) mass is 503 g/mol. The lowest BCUT2D eigenvalue weighted by molar-refractivity contribution is -0.401. The van der Waals surface area contributed by atoms with Crippen LogP contribution in [0.25, 0.3) is 0 Å². The molecule has 2 heterocycles. The van der Waals surface area contributed by atoms with E-state index in [-0.39, 0.29) is 0 Å². The van der Waals surface area contributed by atoms with Crippen LogP contribution in [-0.4, -0.2) is 29.3 Å². The molecule has 1 aromatic carbocycles. The molecule has 2 aliphatic rings. The molecule has 0 bridgehead atoms. The Hall–Kier alpha value is -3.31. The lowest BCUT2D eigenvalue weighted by Crippen LogP contribution is -2.29. The molecule has 0 spiro atoms. The molecule has 2 aliphatic heterocycles. The smallest absolute Gasteiger partial charge is 0.209 e. The summed E-state index contributed by atoms with van der Waals surface area (Å²) in [5, 5.41) is 21.1. The minimum absolute atomic E-state index is 0.405. The van der Waals surface area contributed by atoms with Crippen LogP contribution in [0.2, 0.25) is 5.02 Å². The summed E-state index contributed by atoms with van der Waals surface area (Å²) >= 11 is 12.3. The van der Waals surface area contributed by atoms with Crippen LogP contribution in [0, 0.1) is 28.1 Å². The summed E-state index contributed by atoms with van der Waals surface area (Å²) in [5.74, 6) is 0. The van der Waals surface area contributed by atoms with Gasteiger partial charge in [-0.05, 0) is 49.8 Å². The summed E-state index contributed by atoms with van der Waals surface area (Å²) in [7, 11) is 3.84. The average Bonchev–Trinajstić information content (AvgIpc) is 3.07. The summed E-state index contributed by atoms with van der Waals surface area (Å²) in [4.78, 5) is 1.91. The van der Waals surface area contributed by atoms with Gasteiger partial charge in [-0.25, -0.2) is 0 Å². The molecule has 0 N–H and O–H groups in total. The van der Waals surface area contributed by atoms with Gasteiger partial charge in [0.05, 0.1) is 11.0 Å². The Morgan fingerprint density at radius 2 is 1.80 bits per heavy atom. The van der Waals surface area contributed by atoms with Crippen molar-refractivity contribution in [2.24, 2.45) is 5.41 Å². The number of hydrogen-bond donors (Lipinski definition) is 0. The Morgan fingerprint density at radius 1 is 1.14 bits per heavy atom. The van der Waals surface area contributed by atoms with E-state index in [1.54, 1.807) is 24.3 Å². The first-order valence-corrected chi connectivity index (χ1v) is 11.9.